The number of benzene rings is 1. The summed E-state index contributed by atoms with van der Waals surface area (Å²) in [5, 5.41) is 19.2. The number of anilines is 3. The molecule has 0 spiro atoms. The lowest BCUT2D eigenvalue weighted by Crippen LogP contribution is -2.38. The summed E-state index contributed by atoms with van der Waals surface area (Å²) < 4.78 is 9.51. The molecule has 38 heavy (non-hydrogen) atoms. The van der Waals surface area contributed by atoms with E-state index in [0.29, 0.717) is 11.8 Å². The summed E-state index contributed by atoms with van der Waals surface area (Å²) >= 11 is 0. The average Bonchev–Trinajstić information content (AvgIpc) is 3.62. The second-order valence-corrected chi connectivity index (χ2v) is 10.5. The van der Waals surface area contributed by atoms with Crippen LogP contribution >= 0.6 is 0 Å². The van der Waals surface area contributed by atoms with Crippen molar-refractivity contribution in [2.45, 2.75) is 64.6 Å². The number of aromatic nitrogens is 6. The van der Waals surface area contributed by atoms with Gasteiger partial charge in [-0.3, -0.25) is 0 Å². The quantitative estimate of drug-likeness (QED) is 0.338. The molecule has 1 saturated carbocycles. The maximum absolute atomic E-state index is 10.0. The molecule has 1 saturated heterocycles. The van der Waals surface area contributed by atoms with Gasteiger partial charge in [-0.05, 0) is 63.6 Å². The van der Waals surface area contributed by atoms with E-state index in [4.69, 9.17) is 25.5 Å². The lowest BCUT2D eigenvalue weighted by Gasteiger charge is -2.32. The van der Waals surface area contributed by atoms with Gasteiger partial charge in [0.1, 0.15) is 17.9 Å². The molecule has 6 rings (SSSR count). The van der Waals surface area contributed by atoms with Gasteiger partial charge in [0.05, 0.1) is 48.8 Å². The second-order valence-electron chi connectivity index (χ2n) is 10.5. The third-order valence-electron chi connectivity index (χ3n) is 8.01. The number of rotatable bonds is 7. The molecule has 0 bridgehead atoms. The van der Waals surface area contributed by atoms with Gasteiger partial charge in [0.15, 0.2) is 11.5 Å². The SMILES string of the molecule is COc1cc(-n2cnc(Nc3nc(N4CCC[C@H]4CO)c4c(C)nn([C@H]5C[C@@H](N)C5)c4n3)c2)cc(C)c1C. The number of nitrogens with two attached hydrogens (primary N) is 1. The molecular formula is C27H35N9O2. The number of nitrogens with one attached hydrogen (secondary N) is 1. The zero-order valence-corrected chi connectivity index (χ0v) is 22.3. The molecule has 4 aromatic rings. The lowest BCUT2D eigenvalue weighted by molar-refractivity contribution is 0.252. The highest BCUT2D eigenvalue weighted by Crippen LogP contribution is 2.38. The molecule has 0 unspecified atom stereocenters. The number of aliphatic hydroxyl groups is 1. The number of hydrogen-bond donors (Lipinski definition) is 3. The molecular weight excluding hydrogens is 482 g/mol. The fourth-order valence-electron chi connectivity index (χ4n) is 5.65. The number of aryl methyl sites for hydroxylation is 2. The van der Waals surface area contributed by atoms with Crippen LogP contribution in [0.25, 0.3) is 16.7 Å². The Morgan fingerprint density at radius 2 is 2.00 bits per heavy atom. The highest BCUT2D eigenvalue weighted by atomic mass is 16.5. The maximum Gasteiger partial charge on any atom is 0.232 e. The highest BCUT2D eigenvalue weighted by Gasteiger charge is 2.33. The van der Waals surface area contributed by atoms with Crippen molar-refractivity contribution in [1.82, 2.24) is 29.3 Å². The zero-order chi connectivity index (χ0) is 26.6. The van der Waals surface area contributed by atoms with E-state index in [9.17, 15) is 5.11 Å². The summed E-state index contributed by atoms with van der Waals surface area (Å²) in [6.07, 6.45) is 7.37. The van der Waals surface area contributed by atoms with Crippen molar-refractivity contribution in [1.29, 1.82) is 0 Å². The summed E-state index contributed by atoms with van der Waals surface area (Å²) in [5.41, 5.74) is 11.0. The van der Waals surface area contributed by atoms with Crippen LogP contribution in [0, 0.1) is 20.8 Å². The first kappa shape index (κ1) is 24.6. The van der Waals surface area contributed by atoms with Crippen LogP contribution in [0.2, 0.25) is 0 Å². The van der Waals surface area contributed by atoms with Gasteiger partial charge in [0.2, 0.25) is 5.95 Å². The molecule has 2 aliphatic rings. The van der Waals surface area contributed by atoms with Crippen LogP contribution in [-0.4, -0.2) is 66.8 Å². The number of nitrogens with zero attached hydrogens (tertiary/aromatic N) is 7. The number of ether oxygens (including phenoxy) is 1. The third kappa shape index (κ3) is 4.15. The van der Waals surface area contributed by atoms with Crippen molar-refractivity contribution in [2.75, 3.05) is 30.5 Å². The maximum atomic E-state index is 10.0. The van der Waals surface area contributed by atoms with Crippen LogP contribution in [0.15, 0.2) is 24.7 Å². The van der Waals surface area contributed by atoms with E-state index in [1.54, 1.807) is 13.4 Å². The van der Waals surface area contributed by atoms with Gasteiger partial charge in [0, 0.05) is 18.7 Å². The van der Waals surface area contributed by atoms with Gasteiger partial charge in [-0.2, -0.15) is 15.1 Å². The Labute approximate surface area is 221 Å². The van der Waals surface area contributed by atoms with Crippen molar-refractivity contribution < 1.29 is 9.84 Å². The zero-order valence-electron chi connectivity index (χ0n) is 22.3. The molecule has 11 nitrogen and oxygen atoms in total. The number of hydrogen-bond acceptors (Lipinski definition) is 9. The van der Waals surface area contributed by atoms with Gasteiger partial charge >= 0.3 is 0 Å². The molecule has 3 aromatic heterocycles. The van der Waals surface area contributed by atoms with Gasteiger partial charge in [-0.25, -0.2) is 9.67 Å². The van der Waals surface area contributed by atoms with Gasteiger partial charge in [-0.1, -0.05) is 0 Å². The smallest absolute Gasteiger partial charge is 0.232 e. The van der Waals surface area contributed by atoms with E-state index in [1.165, 1.54) is 0 Å². The van der Waals surface area contributed by atoms with Crippen molar-refractivity contribution >= 4 is 28.6 Å². The number of aliphatic hydroxyl groups excluding tert-OH is 1. The standard InChI is InChI=1S/C27H35N9O2/c1-15-8-20(11-22(38-4)16(15)2)34-12-23(29-14-34)30-27-31-25(35-7-5-6-19(35)13-37)24-17(3)33-36(26(24)32-27)21-9-18(28)10-21/h8,11-12,14,18-19,21,37H,5-7,9-10,13,28H2,1-4H3,(H,30,31,32)/t18-,19-,21+/m0/s1. The fourth-order valence-corrected chi connectivity index (χ4v) is 5.65. The normalized spacial score (nSPS) is 21.2. The minimum atomic E-state index is 0.0276. The molecule has 200 valence electrons. The molecule has 11 heteroatoms. The van der Waals surface area contributed by atoms with Crippen molar-refractivity contribution in [3.05, 3.63) is 41.5 Å². The van der Waals surface area contributed by atoms with Gasteiger partial charge < -0.3 is 30.4 Å². The Kier molecular flexibility index (Phi) is 6.19. The summed E-state index contributed by atoms with van der Waals surface area (Å²) in [6, 6.07) is 4.56. The molecule has 2 fully saturated rings. The number of methoxy groups -OCH3 is 1. The third-order valence-corrected chi connectivity index (χ3v) is 8.01. The van der Waals surface area contributed by atoms with Crippen molar-refractivity contribution in [2.24, 2.45) is 5.73 Å². The molecule has 0 radical (unpaired) electrons. The summed E-state index contributed by atoms with van der Waals surface area (Å²) in [4.78, 5) is 16.6. The predicted octanol–water partition coefficient (Wildman–Crippen LogP) is 3.31. The van der Waals surface area contributed by atoms with Crippen LogP contribution in [0.5, 0.6) is 5.75 Å². The van der Waals surface area contributed by atoms with Crippen LogP contribution in [-0.2, 0) is 0 Å². The van der Waals surface area contributed by atoms with Gasteiger partial charge in [0.25, 0.3) is 0 Å². The first-order chi connectivity index (χ1) is 18.4. The van der Waals surface area contributed by atoms with E-state index >= 15 is 0 Å². The van der Waals surface area contributed by atoms with Crippen LogP contribution in [0.4, 0.5) is 17.6 Å². The number of imidazole rings is 1. The van der Waals surface area contributed by atoms with E-state index in [1.807, 2.05) is 28.4 Å². The van der Waals surface area contributed by atoms with Crippen LogP contribution in [0.3, 0.4) is 0 Å². The van der Waals surface area contributed by atoms with E-state index in [-0.39, 0.29) is 24.7 Å². The Morgan fingerprint density at radius 3 is 2.74 bits per heavy atom. The first-order valence-corrected chi connectivity index (χ1v) is 13.2. The predicted molar refractivity (Wildman–Crippen MR) is 147 cm³/mol. The van der Waals surface area contributed by atoms with E-state index in [0.717, 1.165) is 77.3 Å². The average molecular weight is 518 g/mol. The van der Waals surface area contributed by atoms with Crippen molar-refractivity contribution in [3.63, 3.8) is 0 Å². The summed E-state index contributed by atoms with van der Waals surface area (Å²) in [7, 11) is 1.68. The fraction of sp³-hybridized carbons (Fsp3) is 0.481. The monoisotopic (exact) mass is 517 g/mol. The lowest BCUT2D eigenvalue weighted by atomic mass is 9.88. The van der Waals surface area contributed by atoms with E-state index in [2.05, 4.69) is 35.1 Å². The van der Waals surface area contributed by atoms with Crippen molar-refractivity contribution in [3.8, 4) is 11.4 Å². The molecule has 1 atom stereocenters. The Morgan fingerprint density at radius 1 is 1.18 bits per heavy atom. The summed E-state index contributed by atoms with van der Waals surface area (Å²) in [6.45, 7) is 7.04. The largest absolute Gasteiger partial charge is 0.496 e. The van der Waals surface area contributed by atoms with E-state index < -0.39 is 0 Å². The Hall–Kier alpha value is -3.70. The molecule has 1 aliphatic carbocycles. The molecule has 1 aliphatic heterocycles. The molecule has 4 N–H and O–H groups in total. The highest BCUT2D eigenvalue weighted by molar-refractivity contribution is 5.91. The molecule has 1 aromatic carbocycles. The minimum absolute atomic E-state index is 0.0276. The topological polar surface area (TPSA) is 132 Å². The Bertz CT molecular complexity index is 1490. The van der Waals surface area contributed by atoms with Gasteiger partial charge in [-0.15, -0.1) is 0 Å². The Balaban J connectivity index is 1.39. The molecule has 0 amide bonds. The number of fused-ring (bicyclic) bond motifs is 1. The summed E-state index contributed by atoms with van der Waals surface area (Å²) in [5.74, 6) is 2.72. The first-order valence-electron chi connectivity index (χ1n) is 13.2. The minimum Gasteiger partial charge on any atom is -0.496 e. The van der Waals surface area contributed by atoms with Crippen LogP contribution in [0.1, 0.15) is 48.5 Å². The van der Waals surface area contributed by atoms with Crippen LogP contribution < -0.4 is 20.7 Å². The second kappa shape index (κ2) is 9.55. The molecule has 4 heterocycles.